The molecule has 0 aliphatic carbocycles. The molecule has 2 amide bonds. The van der Waals surface area contributed by atoms with Crippen LogP contribution in [0.3, 0.4) is 0 Å². The quantitative estimate of drug-likeness (QED) is 0.739. The van der Waals surface area contributed by atoms with Gasteiger partial charge in [-0.3, -0.25) is 14.7 Å². The summed E-state index contributed by atoms with van der Waals surface area (Å²) in [5, 5.41) is 10.1. The van der Waals surface area contributed by atoms with Crippen molar-refractivity contribution in [1.82, 2.24) is 29.7 Å². The zero-order valence-corrected chi connectivity index (χ0v) is 17.2. The molecule has 9 heteroatoms. The molecule has 158 valence electrons. The number of hydrogen-bond donors (Lipinski definition) is 2. The van der Waals surface area contributed by atoms with Gasteiger partial charge in [0.15, 0.2) is 0 Å². The number of aryl methyl sites for hydroxylation is 1. The third-order valence-corrected chi connectivity index (χ3v) is 4.87. The number of nitrogens with one attached hydrogen (secondary N) is 1. The van der Waals surface area contributed by atoms with E-state index in [2.05, 4.69) is 40.1 Å². The third kappa shape index (κ3) is 6.56. The number of carbonyl (C=O) groups excluding carboxylic acids is 1. The Hall–Kier alpha value is -2.94. The maximum atomic E-state index is 12.7. The Morgan fingerprint density at radius 1 is 1.28 bits per heavy atom. The topological polar surface area (TPSA) is 104 Å². The van der Waals surface area contributed by atoms with Crippen LogP contribution in [-0.2, 0) is 18.4 Å². The van der Waals surface area contributed by atoms with Gasteiger partial charge in [-0.25, -0.2) is 9.78 Å². The van der Waals surface area contributed by atoms with E-state index in [-0.39, 0.29) is 24.5 Å². The van der Waals surface area contributed by atoms with E-state index in [4.69, 9.17) is 9.90 Å². The Balaban J connectivity index is 0.000000941. The summed E-state index contributed by atoms with van der Waals surface area (Å²) in [6.45, 7) is 8.05. The molecule has 0 aromatic carbocycles. The van der Waals surface area contributed by atoms with E-state index in [9.17, 15) is 4.79 Å². The van der Waals surface area contributed by atoms with Gasteiger partial charge in [0.25, 0.3) is 6.47 Å². The van der Waals surface area contributed by atoms with Gasteiger partial charge >= 0.3 is 6.03 Å². The summed E-state index contributed by atoms with van der Waals surface area (Å²) in [7, 11) is 1.96. The zero-order chi connectivity index (χ0) is 21.2. The molecule has 1 atom stereocenters. The lowest BCUT2D eigenvalue weighted by Gasteiger charge is -2.36. The van der Waals surface area contributed by atoms with Crippen LogP contribution in [0.15, 0.2) is 36.9 Å². The van der Waals surface area contributed by atoms with E-state index in [1.807, 2.05) is 35.0 Å². The molecule has 2 N–H and O–H groups in total. The highest BCUT2D eigenvalue weighted by molar-refractivity contribution is 5.74. The second-order valence-electron chi connectivity index (χ2n) is 7.30. The standard InChI is InChI=1S/C19H28N6O.CH2O2/c1-15(2)17(18-21-7-8-23(18)3)22-19(26)25-11-9-24(10-12-25)14-16-5-4-6-20-13-16;2-1-3/h4-8,13,15,17H,9-12,14H2,1-3H3,(H,22,26);1H,(H,2,3). The smallest absolute Gasteiger partial charge is 0.318 e. The van der Waals surface area contributed by atoms with Crippen LogP contribution in [0, 0.1) is 5.92 Å². The molecule has 3 rings (SSSR count). The highest BCUT2D eigenvalue weighted by atomic mass is 16.3. The lowest BCUT2D eigenvalue weighted by Crippen LogP contribution is -2.52. The zero-order valence-electron chi connectivity index (χ0n) is 17.2. The Morgan fingerprint density at radius 2 is 1.97 bits per heavy atom. The first-order chi connectivity index (χ1) is 14.0. The molecule has 2 aromatic heterocycles. The van der Waals surface area contributed by atoms with Gasteiger partial charge in [-0.2, -0.15) is 0 Å². The summed E-state index contributed by atoms with van der Waals surface area (Å²) in [4.78, 5) is 33.9. The van der Waals surface area contributed by atoms with Crippen LogP contribution in [0.4, 0.5) is 4.79 Å². The normalized spacial score (nSPS) is 15.4. The molecule has 1 saturated heterocycles. The summed E-state index contributed by atoms with van der Waals surface area (Å²) in [5.74, 6) is 1.16. The average Bonchev–Trinajstić information content (AvgIpc) is 3.13. The fourth-order valence-corrected chi connectivity index (χ4v) is 3.29. The van der Waals surface area contributed by atoms with E-state index in [0.29, 0.717) is 0 Å². The van der Waals surface area contributed by atoms with Crippen LogP contribution < -0.4 is 5.32 Å². The number of imidazole rings is 1. The Labute approximate surface area is 171 Å². The molecule has 1 aliphatic rings. The van der Waals surface area contributed by atoms with Crippen molar-refractivity contribution in [3.05, 3.63) is 48.3 Å². The van der Waals surface area contributed by atoms with Gasteiger partial charge in [-0.1, -0.05) is 19.9 Å². The molecule has 9 nitrogen and oxygen atoms in total. The summed E-state index contributed by atoms with van der Waals surface area (Å²) in [6.07, 6.45) is 7.37. The lowest BCUT2D eigenvalue weighted by molar-refractivity contribution is -0.122. The van der Waals surface area contributed by atoms with Crippen LogP contribution in [0.2, 0.25) is 0 Å². The van der Waals surface area contributed by atoms with Crippen molar-refractivity contribution in [2.24, 2.45) is 13.0 Å². The van der Waals surface area contributed by atoms with Crippen molar-refractivity contribution in [2.75, 3.05) is 26.2 Å². The molecule has 1 fully saturated rings. The summed E-state index contributed by atoms with van der Waals surface area (Å²) >= 11 is 0. The maximum absolute atomic E-state index is 12.7. The number of piperazine rings is 1. The summed E-state index contributed by atoms with van der Waals surface area (Å²) < 4.78 is 1.97. The number of carbonyl (C=O) groups is 2. The second-order valence-corrected chi connectivity index (χ2v) is 7.30. The highest BCUT2D eigenvalue weighted by Crippen LogP contribution is 2.20. The second kappa shape index (κ2) is 11.2. The molecule has 1 unspecified atom stereocenters. The largest absolute Gasteiger partial charge is 0.483 e. The lowest BCUT2D eigenvalue weighted by atomic mass is 10.0. The number of hydrogen-bond acceptors (Lipinski definition) is 5. The van der Waals surface area contributed by atoms with Gasteiger partial charge < -0.3 is 19.9 Å². The Bertz CT molecular complexity index is 757. The third-order valence-electron chi connectivity index (χ3n) is 4.87. The number of amides is 2. The molecule has 0 spiro atoms. The van der Waals surface area contributed by atoms with Crippen molar-refractivity contribution in [2.45, 2.75) is 26.4 Å². The first-order valence-corrected chi connectivity index (χ1v) is 9.68. The van der Waals surface area contributed by atoms with E-state index in [1.165, 1.54) is 5.56 Å². The van der Waals surface area contributed by atoms with Crippen molar-refractivity contribution in [3.63, 3.8) is 0 Å². The maximum Gasteiger partial charge on any atom is 0.318 e. The van der Waals surface area contributed by atoms with Crippen molar-refractivity contribution < 1.29 is 14.7 Å². The van der Waals surface area contributed by atoms with E-state index in [0.717, 1.165) is 38.5 Å². The van der Waals surface area contributed by atoms with Crippen LogP contribution in [0.1, 0.15) is 31.3 Å². The highest BCUT2D eigenvalue weighted by Gasteiger charge is 2.26. The van der Waals surface area contributed by atoms with E-state index in [1.54, 1.807) is 12.4 Å². The fraction of sp³-hybridized carbons (Fsp3) is 0.500. The molecular formula is C20H30N6O3. The van der Waals surface area contributed by atoms with Gasteiger partial charge in [-0.15, -0.1) is 0 Å². The SMILES string of the molecule is CC(C)C(NC(=O)N1CCN(Cc2cccnc2)CC1)c1nccn1C.O=CO. The van der Waals surface area contributed by atoms with Gasteiger partial charge in [0.2, 0.25) is 0 Å². The van der Waals surface area contributed by atoms with Crippen LogP contribution in [-0.4, -0.2) is 68.1 Å². The minimum Gasteiger partial charge on any atom is -0.483 e. The number of carboxylic acid groups (broad SMARTS) is 1. The number of nitrogens with zero attached hydrogens (tertiary/aromatic N) is 5. The molecule has 0 radical (unpaired) electrons. The van der Waals surface area contributed by atoms with Crippen molar-refractivity contribution >= 4 is 12.5 Å². The monoisotopic (exact) mass is 402 g/mol. The number of aromatic nitrogens is 3. The average molecular weight is 402 g/mol. The summed E-state index contributed by atoms with van der Waals surface area (Å²) in [6, 6.07) is 3.96. The van der Waals surface area contributed by atoms with E-state index >= 15 is 0 Å². The first-order valence-electron chi connectivity index (χ1n) is 9.68. The molecular weight excluding hydrogens is 372 g/mol. The van der Waals surface area contributed by atoms with Crippen molar-refractivity contribution in [1.29, 1.82) is 0 Å². The predicted octanol–water partition coefficient (Wildman–Crippen LogP) is 1.74. The van der Waals surface area contributed by atoms with Gasteiger partial charge in [0.05, 0.1) is 6.04 Å². The van der Waals surface area contributed by atoms with Crippen LogP contribution in [0.5, 0.6) is 0 Å². The first kappa shape index (κ1) is 22.4. The number of pyridine rings is 1. The minimum atomic E-state index is -0.250. The van der Waals surface area contributed by atoms with Crippen molar-refractivity contribution in [3.8, 4) is 0 Å². The molecule has 0 saturated carbocycles. The molecule has 1 aliphatic heterocycles. The van der Waals surface area contributed by atoms with Crippen LogP contribution >= 0.6 is 0 Å². The van der Waals surface area contributed by atoms with E-state index < -0.39 is 0 Å². The number of urea groups is 1. The van der Waals surface area contributed by atoms with Gasteiger partial charge in [0.1, 0.15) is 5.82 Å². The summed E-state index contributed by atoms with van der Waals surface area (Å²) in [5.41, 5.74) is 1.21. The number of rotatable bonds is 5. The predicted molar refractivity (Wildman–Crippen MR) is 109 cm³/mol. The Kier molecular flexibility index (Phi) is 8.60. The molecule has 0 bridgehead atoms. The Morgan fingerprint density at radius 3 is 2.48 bits per heavy atom. The van der Waals surface area contributed by atoms with Crippen LogP contribution in [0.25, 0.3) is 0 Å². The molecule has 3 heterocycles. The van der Waals surface area contributed by atoms with Gasteiger partial charge in [0, 0.05) is 64.6 Å². The molecule has 29 heavy (non-hydrogen) atoms. The minimum absolute atomic E-state index is 0.00673. The van der Waals surface area contributed by atoms with Gasteiger partial charge in [-0.05, 0) is 17.5 Å². The molecule has 2 aromatic rings. The fourth-order valence-electron chi connectivity index (χ4n) is 3.29.